The fourth-order valence-electron chi connectivity index (χ4n) is 1.66. The third-order valence-corrected chi connectivity index (χ3v) is 3.36. The van der Waals surface area contributed by atoms with Gasteiger partial charge in [-0.25, -0.2) is 10.8 Å². The minimum absolute atomic E-state index is 0.0609. The van der Waals surface area contributed by atoms with Gasteiger partial charge >= 0.3 is 0 Å². The predicted octanol–water partition coefficient (Wildman–Crippen LogP) is 1.20. The first-order valence-corrected chi connectivity index (χ1v) is 6.51. The van der Waals surface area contributed by atoms with Crippen molar-refractivity contribution >= 4 is 28.9 Å². The Morgan fingerprint density at radius 2 is 2.29 bits per heavy atom. The Hall–Kier alpha value is -1.01. The maximum absolute atomic E-state index is 5.92. The monoisotopic (exact) mass is 253 g/mol. The van der Waals surface area contributed by atoms with Gasteiger partial charge in [0.2, 0.25) is 5.96 Å². The van der Waals surface area contributed by atoms with E-state index in [-0.39, 0.29) is 12.2 Å². The number of hydrogen-bond donors (Lipinski definition) is 2. The Morgan fingerprint density at radius 1 is 1.59 bits per heavy atom. The van der Waals surface area contributed by atoms with Crippen molar-refractivity contribution in [3.8, 4) is 0 Å². The summed E-state index contributed by atoms with van der Waals surface area (Å²) in [6.07, 6.45) is 4.04. The van der Waals surface area contributed by atoms with Crippen molar-refractivity contribution in [2.45, 2.75) is 51.7 Å². The third-order valence-electron chi connectivity index (χ3n) is 2.91. The van der Waals surface area contributed by atoms with Gasteiger partial charge in [0.1, 0.15) is 12.0 Å². The number of rotatable bonds is 4. The molecular formula is C11H19N5S. The molecule has 0 aromatic heterocycles. The quantitative estimate of drug-likeness (QED) is 0.583. The second-order valence-electron chi connectivity index (χ2n) is 4.49. The normalized spacial score (nSPS) is 27.7. The first kappa shape index (κ1) is 12.4. The standard InChI is InChI=1S/C11H19N5S/c1-3-4-5-10-13-7(2)16(12)11(15-10)14-8-6-9(8)17/h7-8H,3-6,12H2,1-2H3,(H,13,14,15). The number of nitrogens with zero attached hydrogens (tertiary/aromatic N) is 3. The number of hydrazine groups is 1. The topological polar surface area (TPSA) is 66.0 Å². The Labute approximate surface area is 107 Å². The zero-order valence-corrected chi connectivity index (χ0v) is 11.1. The zero-order chi connectivity index (χ0) is 12.4. The lowest BCUT2D eigenvalue weighted by Crippen LogP contribution is -2.53. The van der Waals surface area contributed by atoms with Crippen LogP contribution in [0.25, 0.3) is 0 Å². The molecule has 0 spiro atoms. The molecule has 0 saturated heterocycles. The number of guanidine groups is 1. The van der Waals surface area contributed by atoms with Gasteiger partial charge in [-0.15, -0.1) is 0 Å². The molecule has 1 heterocycles. The van der Waals surface area contributed by atoms with Gasteiger partial charge in [0.25, 0.3) is 0 Å². The average Bonchev–Trinajstić information content (AvgIpc) is 2.98. The molecule has 0 radical (unpaired) electrons. The van der Waals surface area contributed by atoms with Crippen LogP contribution in [0.15, 0.2) is 9.98 Å². The van der Waals surface area contributed by atoms with E-state index in [1.165, 1.54) is 0 Å². The maximum atomic E-state index is 5.92. The number of nitrogens with two attached hydrogens (primary N) is 1. The lowest BCUT2D eigenvalue weighted by Gasteiger charge is -2.29. The molecule has 1 aliphatic heterocycles. The van der Waals surface area contributed by atoms with E-state index in [0.717, 1.165) is 36.4 Å². The Kier molecular flexibility index (Phi) is 3.73. The van der Waals surface area contributed by atoms with Crippen molar-refractivity contribution < 1.29 is 0 Å². The highest BCUT2D eigenvalue weighted by Crippen LogP contribution is 2.18. The maximum Gasteiger partial charge on any atom is 0.217 e. The van der Waals surface area contributed by atoms with Gasteiger partial charge in [-0.2, -0.15) is 4.99 Å². The molecule has 0 aromatic rings. The Balaban J connectivity index is 2.02. The molecule has 1 fully saturated rings. The van der Waals surface area contributed by atoms with Gasteiger partial charge in [0.05, 0.1) is 6.04 Å². The van der Waals surface area contributed by atoms with Gasteiger partial charge < -0.3 is 5.32 Å². The van der Waals surface area contributed by atoms with E-state index < -0.39 is 0 Å². The van der Waals surface area contributed by atoms with Crippen molar-refractivity contribution in [1.82, 2.24) is 10.3 Å². The van der Waals surface area contributed by atoms with Gasteiger partial charge in [-0.3, -0.25) is 5.01 Å². The highest BCUT2D eigenvalue weighted by atomic mass is 32.1. The molecule has 2 rings (SSSR count). The molecule has 1 aliphatic carbocycles. The van der Waals surface area contributed by atoms with E-state index in [0.29, 0.717) is 5.96 Å². The Bertz CT molecular complexity index is 376. The molecule has 3 N–H and O–H groups in total. The molecule has 0 aromatic carbocycles. The van der Waals surface area contributed by atoms with Crippen LogP contribution in [-0.2, 0) is 0 Å². The van der Waals surface area contributed by atoms with Crippen LogP contribution in [0.4, 0.5) is 0 Å². The SMILES string of the molecule is CCCCC1=NC(C)N(N)C(NC2CC2=S)=N1. The van der Waals surface area contributed by atoms with Crippen LogP contribution in [0.5, 0.6) is 0 Å². The van der Waals surface area contributed by atoms with Gasteiger partial charge in [0.15, 0.2) is 0 Å². The van der Waals surface area contributed by atoms with E-state index in [1.807, 2.05) is 6.92 Å². The van der Waals surface area contributed by atoms with Crippen molar-refractivity contribution in [3.05, 3.63) is 0 Å². The number of unbranched alkanes of at least 4 members (excludes halogenated alkanes) is 1. The first-order chi connectivity index (χ1) is 8.11. The van der Waals surface area contributed by atoms with Crippen LogP contribution >= 0.6 is 12.2 Å². The summed E-state index contributed by atoms with van der Waals surface area (Å²) in [7, 11) is 0. The number of hydrogen-bond acceptors (Lipinski definition) is 6. The van der Waals surface area contributed by atoms with Crippen LogP contribution in [-0.4, -0.2) is 33.9 Å². The smallest absolute Gasteiger partial charge is 0.217 e. The van der Waals surface area contributed by atoms with Gasteiger partial charge in [-0.1, -0.05) is 25.6 Å². The van der Waals surface area contributed by atoms with Crippen LogP contribution in [0, 0.1) is 0 Å². The van der Waals surface area contributed by atoms with Gasteiger partial charge in [0, 0.05) is 17.7 Å². The predicted molar refractivity (Wildman–Crippen MR) is 74.0 cm³/mol. The lowest BCUT2D eigenvalue weighted by molar-refractivity contribution is 0.333. The van der Waals surface area contributed by atoms with Crippen molar-refractivity contribution in [2.75, 3.05) is 0 Å². The number of aliphatic imine (C=N–C) groups is 2. The highest BCUT2D eigenvalue weighted by Gasteiger charge is 2.33. The summed E-state index contributed by atoms with van der Waals surface area (Å²) < 4.78 is 0. The molecule has 1 saturated carbocycles. The van der Waals surface area contributed by atoms with Gasteiger partial charge in [-0.05, 0) is 13.3 Å². The largest absolute Gasteiger partial charge is 0.347 e. The van der Waals surface area contributed by atoms with Crippen molar-refractivity contribution in [3.63, 3.8) is 0 Å². The molecule has 17 heavy (non-hydrogen) atoms. The average molecular weight is 253 g/mol. The molecule has 2 aliphatic rings. The molecule has 2 atom stereocenters. The first-order valence-electron chi connectivity index (χ1n) is 6.10. The summed E-state index contributed by atoms with van der Waals surface area (Å²) in [5.41, 5.74) is 0. The van der Waals surface area contributed by atoms with Crippen molar-refractivity contribution in [1.29, 1.82) is 0 Å². The number of nitrogens with one attached hydrogen (secondary N) is 1. The minimum atomic E-state index is -0.0609. The van der Waals surface area contributed by atoms with Crippen LogP contribution in [0.3, 0.4) is 0 Å². The molecule has 6 heteroatoms. The van der Waals surface area contributed by atoms with E-state index >= 15 is 0 Å². The van der Waals surface area contributed by atoms with Crippen molar-refractivity contribution in [2.24, 2.45) is 15.8 Å². The lowest BCUT2D eigenvalue weighted by atomic mass is 10.2. The summed E-state index contributed by atoms with van der Waals surface area (Å²) >= 11 is 5.10. The minimum Gasteiger partial charge on any atom is -0.347 e. The fourth-order valence-corrected chi connectivity index (χ4v) is 1.88. The van der Waals surface area contributed by atoms with Crippen LogP contribution < -0.4 is 11.2 Å². The van der Waals surface area contributed by atoms with E-state index in [1.54, 1.807) is 5.01 Å². The molecule has 0 bridgehead atoms. The summed E-state index contributed by atoms with van der Waals surface area (Å²) in [4.78, 5) is 9.96. The molecular weight excluding hydrogens is 234 g/mol. The molecule has 2 unspecified atom stereocenters. The second-order valence-corrected chi connectivity index (χ2v) is 5.02. The number of amidine groups is 1. The Morgan fingerprint density at radius 3 is 2.88 bits per heavy atom. The third kappa shape index (κ3) is 3.01. The van der Waals surface area contributed by atoms with E-state index in [9.17, 15) is 0 Å². The van der Waals surface area contributed by atoms with E-state index in [2.05, 4.69) is 22.2 Å². The summed E-state index contributed by atoms with van der Waals surface area (Å²) in [5.74, 6) is 7.51. The highest BCUT2D eigenvalue weighted by molar-refractivity contribution is 7.81. The van der Waals surface area contributed by atoms with Crippen LogP contribution in [0.2, 0.25) is 0 Å². The molecule has 94 valence electrons. The summed E-state index contributed by atoms with van der Waals surface area (Å²) in [6, 6.07) is 0.271. The molecule has 0 amide bonds. The second kappa shape index (κ2) is 5.10. The molecule has 5 nitrogen and oxygen atoms in total. The zero-order valence-electron chi connectivity index (χ0n) is 10.3. The number of thiocarbonyl (C=S) groups is 1. The van der Waals surface area contributed by atoms with E-state index in [4.69, 9.17) is 18.1 Å². The summed E-state index contributed by atoms with van der Waals surface area (Å²) in [5, 5.41) is 4.82. The van der Waals surface area contributed by atoms with Crippen LogP contribution in [0.1, 0.15) is 39.5 Å². The fraction of sp³-hybridized carbons (Fsp3) is 0.727. The summed E-state index contributed by atoms with van der Waals surface area (Å²) in [6.45, 7) is 4.13.